The Bertz CT molecular complexity index is 1020. The average molecular weight is 432 g/mol. The van der Waals surface area contributed by atoms with E-state index in [-0.39, 0.29) is 22.1 Å². The van der Waals surface area contributed by atoms with Gasteiger partial charge in [0.25, 0.3) is 5.91 Å². The van der Waals surface area contributed by atoms with E-state index in [0.717, 1.165) is 16.7 Å². The van der Waals surface area contributed by atoms with Crippen LogP contribution in [0.2, 0.25) is 5.02 Å². The lowest BCUT2D eigenvalue weighted by molar-refractivity contribution is -0.254. The second-order valence-corrected chi connectivity index (χ2v) is 7.75. The number of hydrogen-bond donors (Lipinski definition) is 1. The van der Waals surface area contributed by atoms with Gasteiger partial charge in [0.15, 0.2) is 0 Å². The first-order valence-corrected chi connectivity index (χ1v) is 9.57. The number of amides is 2. The zero-order chi connectivity index (χ0) is 20.3. The number of carboxylic acids is 1. The molecule has 0 radical (unpaired) electrons. The van der Waals surface area contributed by atoms with Crippen LogP contribution in [-0.4, -0.2) is 33.5 Å². The summed E-state index contributed by atoms with van der Waals surface area (Å²) in [7, 11) is 0. The molecule has 1 aliphatic heterocycles. The molecule has 0 spiro atoms. The first kappa shape index (κ1) is 20.1. The summed E-state index contributed by atoms with van der Waals surface area (Å²) in [6.07, 6.45) is 1.62. The fourth-order valence-electron chi connectivity index (χ4n) is 2.47. The van der Waals surface area contributed by atoms with Gasteiger partial charge in [-0.05, 0) is 23.8 Å². The van der Waals surface area contributed by atoms with E-state index in [1.807, 2.05) is 0 Å². The topological polar surface area (TPSA) is 89.5 Å². The molecule has 1 N–H and O–H groups in total. The summed E-state index contributed by atoms with van der Waals surface area (Å²) >= 11 is 12.4. The molecule has 1 saturated heterocycles. The van der Waals surface area contributed by atoms with Crippen molar-refractivity contribution in [3.63, 3.8) is 0 Å². The van der Waals surface area contributed by atoms with Crippen molar-refractivity contribution in [2.45, 2.75) is 0 Å². The third-order valence-electron chi connectivity index (χ3n) is 3.79. The van der Waals surface area contributed by atoms with Gasteiger partial charge in [0.2, 0.25) is 5.91 Å². The molecule has 142 valence electrons. The van der Waals surface area contributed by atoms with Crippen molar-refractivity contribution >= 4 is 69.4 Å². The predicted molar refractivity (Wildman–Crippen MR) is 111 cm³/mol. The minimum Gasteiger partial charge on any atom is -0.545 e. The fraction of sp³-hybridized carbons (Fsp3) is 0.0526. The number of carbonyl (C=O) groups excluding carboxylic acids is 3. The minimum absolute atomic E-state index is 0.0875. The molecule has 6 nitrogen and oxygen atoms in total. The molecule has 9 heteroatoms. The molecule has 28 heavy (non-hydrogen) atoms. The van der Waals surface area contributed by atoms with Crippen molar-refractivity contribution in [1.29, 1.82) is 0 Å². The molecule has 0 bridgehead atoms. The summed E-state index contributed by atoms with van der Waals surface area (Å²) in [6.45, 7) is -0.341. The Morgan fingerprint density at radius 1 is 1.18 bits per heavy atom. The van der Waals surface area contributed by atoms with E-state index in [1.54, 1.807) is 36.4 Å². The third kappa shape index (κ3) is 4.41. The van der Waals surface area contributed by atoms with Crippen molar-refractivity contribution in [3.05, 3.63) is 69.6 Å². The van der Waals surface area contributed by atoms with Gasteiger partial charge < -0.3 is 15.2 Å². The molecule has 2 aromatic rings. The van der Waals surface area contributed by atoms with Gasteiger partial charge in [0.1, 0.15) is 10.9 Å². The standard InChI is InChI=1S/C19H13ClN2O4S2/c20-13-7-3-1-5-11(13)9-15-17(24)22(19(27)28-15)10-16(23)21-14-8-4-2-6-12(14)18(25)26/h1-9H,10H2,(H,21,23)(H,25,26)/p-1/b15-9-. The molecule has 2 amide bonds. The summed E-state index contributed by atoms with van der Waals surface area (Å²) in [5, 5.41) is 14.1. The van der Waals surface area contributed by atoms with E-state index in [2.05, 4.69) is 5.32 Å². The summed E-state index contributed by atoms with van der Waals surface area (Å²) < 4.78 is 0.228. The second kappa shape index (κ2) is 8.55. The van der Waals surface area contributed by atoms with Gasteiger partial charge in [-0.2, -0.15) is 0 Å². The number of rotatable bonds is 5. The molecule has 0 aliphatic carbocycles. The van der Waals surface area contributed by atoms with Gasteiger partial charge in [-0.25, -0.2) is 0 Å². The summed E-state index contributed by atoms with van der Waals surface area (Å²) in [4.78, 5) is 37.6. The van der Waals surface area contributed by atoms with E-state index in [4.69, 9.17) is 23.8 Å². The predicted octanol–water partition coefficient (Wildman–Crippen LogP) is 2.54. The van der Waals surface area contributed by atoms with Crippen LogP contribution in [0.1, 0.15) is 15.9 Å². The second-order valence-electron chi connectivity index (χ2n) is 5.67. The number of carbonyl (C=O) groups is 3. The van der Waals surface area contributed by atoms with Crippen LogP contribution in [0.15, 0.2) is 53.4 Å². The van der Waals surface area contributed by atoms with Crippen LogP contribution in [-0.2, 0) is 9.59 Å². The SMILES string of the molecule is O=C(CN1C(=O)/C(=C/c2ccccc2Cl)SC1=S)Nc1ccccc1C(=O)[O-]. The zero-order valence-corrected chi connectivity index (χ0v) is 16.6. The van der Waals surface area contributed by atoms with Crippen LogP contribution in [0, 0.1) is 0 Å². The summed E-state index contributed by atoms with van der Waals surface area (Å²) in [6, 6.07) is 12.9. The number of hydrogen-bond acceptors (Lipinski definition) is 6. The first-order chi connectivity index (χ1) is 13.4. The Kier molecular flexibility index (Phi) is 6.13. The number of aromatic carboxylic acids is 1. The maximum atomic E-state index is 12.6. The molecule has 0 aromatic heterocycles. The summed E-state index contributed by atoms with van der Waals surface area (Å²) in [5.41, 5.74) is 0.599. The lowest BCUT2D eigenvalue weighted by Gasteiger charge is -2.16. The normalized spacial score (nSPS) is 15.2. The Labute approximate surface area is 175 Å². The number of anilines is 1. The van der Waals surface area contributed by atoms with Gasteiger partial charge in [0.05, 0.1) is 10.9 Å². The molecule has 1 heterocycles. The number of halogens is 1. The molecule has 0 unspecified atom stereocenters. The van der Waals surface area contributed by atoms with E-state index in [1.165, 1.54) is 18.2 Å². The van der Waals surface area contributed by atoms with Gasteiger partial charge >= 0.3 is 0 Å². The number of para-hydroxylation sites is 1. The zero-order valence-electron chi connectivity index (χ0n) is 14.2. The fourth-order valence-corrected chi connectivity index (χ4v) is 3.91. The lowest BCUT2D eigenvalue weighted by Crippen LogP contribution is -2.36. The van der Waals surface area contributed by atoms with E-state index in [0.29, 0.717) is 15.5 Å². The molecule has 1 fully saturated rings. The highest BCUT2D eigenvalue weighted by atomic mass is 35.5. The Morgan fingerprint density at radius 2 is 1.86 bits per heavy atom. The highest BCUT2D eigenvalue weighted by Gasteiger charge is 2.33. The molecule has 1 aliphatic rings. The third-order valence-corrected chi connectivity index (χ3v) is 5.51. The van der Waals surface area contributed by atoms with Crippen molar-refractivity contribution < 1.29 is 19.5 Å². The van der Waals surface area contributed by atoms with Gasteiger partial charge in [0, 0.05) is 16.3 Å². The number of nitrogens with zero attached hydrogens (tertiary/aromatic N) is 1. The number of thiocarbonyl (C=S) groups is 1. The van der Waals surface area contributed by atoms with Crippen LogP contribution >= 0.6 is 35.6 Å². The van der Waals surface area contributed by atoms with Gasteiger partial charge in [-0.1, -0.05) is 72.0 Å². The molecule has 0 saturated carbocycles. The van der Waals surface area contributed by atoms with Crippen LogP contribution < -0.4 is 10.4 Å². The van der Waals surface area contributed by atoms with Crippen molar-refractivity contribution in [1.82, 2.24) is 4.90 Å². The number of carboxylic acid groups (broad SMARTS) is 1. The molecular weight excluding hydrogens is 420 g/mol. The molecule has 2 aromatic carbocycles. The number of nitrogens with one attached hydrogen (secondary N) is 1. The highest BCUT2D eigenvalue weighted by molar-refractivity contribution is 8.26. The Hall–Kier alpha value is -2.68. The average Bonchev–Trinajstić information content (AvgIpc) is 2.91. The molecule has 3 rings (SSSR count). The molecular formula is C19H12ClN2O4S2-. The molecule has 0 atom stereocenters. The maximum Gasteiger partial charge on any atom is 0.266 e. The van der Waals surface area contributed by atoms with Gasteiger partial charge in [-0.3, -0.25) is 14.5 Å². The van der Waals surface area contributed by atoms with E-state index >= 15 is 0 Å². The smallest absolute Gasteiger partial charge is 0.266 e. The summed E-state index contributed by atoms with van der Waals surface area (Å²) in [5.74, 6) is -2.41. The van der Waals surface area contributed by atoms with Crippen LogP contribution in [0.3, 0.4) is 0 Å². The van der Waals surface area contributed by atoms with E-state index in [9.17, 15) is 19.5 Å². The first-order valence-electron chi connectivity index (χ1n) is 7.97. The Balaban J connectivity index is 1.74. The maximum absolute atomic E-state index is 12.6. The monoisotopic (exact) mass is 431 g/mol. The van der Waals surface area contributed by atoms with Crippen LogP contribution in [0.25, 0.3) is 6.08 Å². The quantitative estimate of drug-likeness (QED) is 0.578. The highest BCUT2D eigenvalue weighted by Crippen LogP contribution is 2.33. The van der Waals surface area contributed by atoms with Crippen molar-refractivity contribution in [2.75, 3.05) is 11.9 Å². The Morgan fingerprint density at radius 3 is 2.57 bits per heavy atom. The lowest BCUT2D eigenvalue weighted by atomic mass is 10.2. The number of benzene rings is 2. The van der Waals surface area contributed by atoms with Crippen molar-refractivity contribution in [2.24, 2.45) is 0 Å². The number of thioether (sulfide) groups is 1. The van der Waals surface area contributed by atoms with Gasteiger partial charge in [-0.15, -0.1) is 0 Å². The van der Waals surface area contributed by atoms with E-state index < -0.39 is 17.8 Å². The van der Waals surface area contributed by atoms with Crippen LogP contribution in [0.5, 0.6) is 0 Å². The largest absolute Gasteiger partial charge is 0.545 e. The minimum atomic E-state index is -1.41. The van der Waals surface area contributed by atoms with Crippen molar-refractivity contribution in [3.8, 4) is 0 Å². The van der Waals surface area contributed by atoms with Crippen LogP contribution in [0.4, 0.5) is 5.69 Å².